The first-order valence-electron chi connectivity index (χ1n) is 6.87. The summed E-state index contributed by atoms with van der Waals surface area (Å²) in [6.45, 7) is 0.164. The highest BCUT2D eigenvalue weighted by Crippen LogP contribution is 2.22. The van der Waals surface area contributed by atoms with Gasteiger partial charge in [-0.25, -0.2) is 4.99 Å². The Morgan fingerprint density at radius 3 is 2.83 bits per heavy atom. The van der Waals surface area contributed by atoms with E-state index in [1.165, 1.54) is 12.3 Å². The molecule has 7 heteroatoms. The lowest BCUT2D eigenvalue weighted by Gasteiger charge is -2.10. The first-order valence-corrected chi connectivity index (χ1v) is 7.25. The highest BCUT2D eigenvalue weighted by atomic mass is 35.5. The third kappa shape index (κ3) is 3.54. The minimum Gasteiger partial charge on any atom is -0.356 e. The summed E-state index contributed by atoms with van der Waals surface area (Å²) in [6, 6.07) is 8.86. The number of hydrogen-bond acceptors (Lipinski definition) is 4. The van der Waals surface area contributed by atoms with E-state index >= 15 is 0 Å². The third-order valence-corrected chi connectivity index (χ3v) is 3.52. The lowest BCUT2D eigenvalue weighted by Crippen LogP contribution is -2.34. The second-order valence-corrected chi connectivity index (χ2v) is 5.32. The van der Waals surface area contributed by atoms with Gasteiger partial charge in [-0.2, -0.15) is 0 Å². The molecular formula is C16H12ClN3O3. The predicted octanol–water partition coefficient (Wildman–Crippen LogP) is 2.39. The van der Waals surface area contributed by atoms with E-state index in [1.807, 2.05) is 12.1 Å². The first kappa shape index (κ1) is 15.2. The minimum absolute atomic E-state index is 0.164. The maximum atomic E-state index is 12.0. The van der Waals surface area contributed by atoms with Crippen molar-refractivity contribution in [1.29, 1.82) is 0 Å². The van der Waals surface area contributed by atoms with E-state index in [0.29, 0.717) is 16.5 Å². The molecule has 0 radical (unpaired) electrons. The van der Waals surface area contributed by atoms with Gasteiger partial charge in [-0.1, -0.05) is 22.8 Å². The molecule has 0 fully saturated rings. The van der Waals surface area contributed by atoms with Gasteiger partial charge in [0, 0.05) is 22.9 Å². The Morgan fingerprint density at radius 2 is 2.09 bits per heavy atom. The van der Waals surface area contributed by atoms with Crippen LogP contribution in [-0.2, 0) is 16.1 Å². The van der Waals surface area contributed by atoms with Crippen LogP contribution < -0.4 is 5.32 Å². The summed E-state index contributed by atoms with van der Waals surface area (Å²) in [7, 11) is 0. The Hall–Kier alpha value is -2.73. The molecule has 0 saturated heterocycles. The molecule has 1 aromatic heterocycles. The topological polar surface area (TPSA) is 84.6 Å². The molecular weight excluding hydrogens is 318 g/mol. The summed E-state index contributed by atoms with van der Waals surface area (Å²) < 4.78 is 5.24. The number of nitrogens with zero attached hydrogens (tertiary/aromatic N) is 2. The number of carbonyl (C=O) groups is 2. The molecule has 2 heterocycles. The van der Waals surface area contributed by atoms with E-state index in [4.69, 9.17) is 16.1 Å². The van der Waals surface area contributed by atoms with Crippen molar-refractivity contribution in [3.63, 3.8) is 0 Å². The zero-order valence-corrected chi connectivity index (χ0v) is 12.7. The quantitative estimate of drug-likeness (QED) is 0.873. The molecule has 1 atom stereocenters. The standard InChI is InChI=1S/C16H12ClN3O3/c17-11-5-3-10(4-6-11)14-8-12(20-23-14)9-19-16(22)13-2-1-7-18-15(13)21/h1-8,13H,9H2,(H,19,22). The van der Waals surface area contributed by atoms with Crippen molar-refractivity contribution in [2.45, 2.75) is 6.54 Å². The number of nitrogens with one attached hydrogen (secondary N) is 1. The zero-order valence-electron chi connectivity index (χ0n) is 11.9. The van der Waals surface area contributed by atoms with Gasteiger partial charge >= 0.3 is 0 Å². The molecule has 2 amide bonds. The molecule has 0 bridgehead atoms. The fraction of sp³-hybridized carbons (Fsp3) is 0.125. The normalized spacial score (nSPS) is 16.6. The Bertz CT molecular complexity index is 793. The SMILES string of the molecule is O=C1N=CC=CC1C(=O)NCc1cc(-c2ccc(Cl)cc2)on1. The minimum atomic E-state index is -0.886. The van der Waals surface area contributed by atoms with Crippen molar-refractivity contribution >= 4 is 29.6 Å². The van der Waals surface area contributed by atoms with Gasteiger partial charge in [0.2, 0.25) is 5.91 Å². The first-order chi connectivity index (χ1) is 11.1. The lowest BCUT2D eigenvalue weighted by molar-refractivity contribution is -0.131. The lowest BCUT2D eigenvalue weighted by atomic mass is 10.1. The van der Waals surface area contributed by atoms with E-state index < -0.39 is 17.7 Å². The highest BCUT2D eigenvalue weighted by molar-refractivity contribution is 6.30. The van der Waals surface area contributed by atoms with Gasteiger partial charge in [0.1, 0.15) is 11.6 Å². The largest absolute Gasteiger partial charge is 0.356 e. The maximum absolute atomic E-state index is 12.0. The van der Waals surface area contributed by atoms with Crippen LogP contribution in [0.4, 0.5) is 0 Å². The summed E-state index contributed by atoms with van der Waals surface area (Å²) in [5, 5.41) is 7.17. The van der Waals surface area contributed by atoms with Crippen LogP contribution in [0.15, 0.2) is 52.0 Å². The number of carbonyl (C=O) groups excluding carboxylic acids is 2. The summed E-state index contributed by atoms with van der Waals surface area (Å²) >= 11 is 5.84. The van der Waals surface area contributed by atoms with Crippen LogP contribution in [0.5, 0.6) is 0 Å². The molecule has 1 N–H and O–H groups in total. The monoisotopic (exact) mass is 329 g/mol. The van der Waals surface area contributed by atoms with Crippen LogP contribution in [-0.4, -0.2) is 23.2 Å². The number of halogens is 1. The second-order valence-electron chi connectivity index (χ2n) is 4.89. The summed E-state index contributed by atoms with van der Waals surface area (Å²) in [5.41, 5.74) is 1.39. The van der Waals surface area contributed by atoms with Crippen LogP contribution in [0.1, 0.15) is 5.69 Å². The van der Waals surface area contributed by atoms with Gasteiger partial charge in [-0.05, 0) is 30.3 Å². The number of aliphatic imine (C=N–C) groups is 1. The van der Waals surface area contributed by atoms with Crippen molar-refractivity contribution in [2.24, 2.45) is 10.9 Å². The molecule has 1 aromatic carbocycles. The van der Waals surface area contributed by atoms with Gasteiger partial charge in [-0.15, -0.1) is 0 Å². The average molecular weight is 330 g/mol. The molecule has 1 aliphatic heterocycles. The molecule has 3 rings (SSSR count). The molecule has 23 heavy (non-hydrogen) atoms. The number of hydrogen-bond donors (Lipinski definition) is 1. The fourth-order valence-electron chi connectivity index (χ4n) is 2.07. The predicted molar refractivity (Wildman–Crippen MR) is 84.9 cm³/mol. The molecule has 0 aliphatic carbocycles. The van der Waals surface area contributed by atoms with Crippen LogP contribution in [0.2, 0.25) is 5.02 Å². The van der Waals surface area contributed by atoms with E-state index in [-0.39, 0.29) is 6.54 Å². The fourth-order valence-corrected chi connectivity index (χ4v) is 2.20. The molecule has 0 spiro atoms. The zero-order chi connectivity index (χ0) is 16.2. The second kappa shape index (κ2) is 6.58. The van der Waals surface area contributed by atoms with Crippen LogP contribution >= 0.6 is 11.6 Å². The summed E-state index contributed by atoms with van der Waals surface area (Å²) in [6.07, 6.45) is 4.44. The summed E-state index contributed by atoms with van der Waals surface area (Å²) in [4.78, 5) is 27.1. The third-order valence-electron chi connectivity index (χ3n) is 3.27. The van der Waals surface area contributed by atoms with Crippen molar-refractivity contribution in [3.8, 4) is 11.3 Å². The molecule has 0 saturated carbocycles. The average Bonchev–Trinajstić information content (AvgIpc) is 3.03. The molecule has 116 valence electrons. The van der Waals surface area contributed by atoms with E-state index in [2.05, 4.69) is 15.5 Å². The maximum Gasteiger partial charge on any atom is 0.262 e. The van der Waals surface area contributed by atoms with Crippen molar-refractivity contribution in [1.82, 2.24) is 10.5 Å². The number of rotatable bonds is 4. The molecule has 6 nitrogen and oxygen atoms in total. The van der Waals surface area contributed by atoms with Crippen LogP contribution in [0.3, 0.4) is 0 Å². The van der Waals surface area contributed by atoms with Gasteiger partial charge in [0.25, 0.3) is 5.91 Å². The number of allylic oxidation sites excluding steroid dienone is 1. The number of amides is 2. The van der Waals surface area contributed by atoms with E-state index in [9.17, 15) is 9.59 Å². The Morgan fingerprint density at radius 1 is 1.30 bits per heavy atom. The van der Waals surface area contributed by atoms with E-state index in [1.54, 1.807) is 24.3 Å². The van der Waals surface area contributed by atoms with Gasteiger partial charge < -0.3 is 9.84 Å². The van der Waals surface area contributed by atoms with Gasteiger partial charge in [-0.3, -0.25) is 9.59 Å². The van der Waals surface area contributed by atoms with Crippen molar-refractivity contribution < 1.29 is 14.1 Å². The number of dihydropyridines is 1. The number of aromatic nitrogens is 1. The Balaban J connectivity index is 1.62. The van der Waals surface area contributed by atoms with Crippen molar-refractivity contribution in [3.05, 3.63) is 53.2 Å². The summed E-state index contributed by atoms with van der Waals surface area (Å²) in [5.74, 6) is -1.21. The molecule has 2 aromatic rings. The highest BCUT2D eigenvalue weighted by Gasteiger charge is 2.24. The van der Waals surface area contributed by atoms with Crippen molar-refractivity contribution in [2.75, 3.05) is 0 Å². The molecule has 1 aliphatic rings. The smallest absolute Gasteiger partial charge is 0.262 e. The Labute approximate surface area is 136 Å². The van der Waals surface area contributed by atoms with Crippen LogP contribution in [0, 0.1) is 5.92 Å². The van der Waals surface area contributed by atoms with Gasteiger partial charge in [0.05, 0.1) is 6.54 Å². The molecule has 1 unspecified atom stereocenters. The Kier molecular flexibility index (Phi) is 4.34. The van der Waals surface area contributed by atoms with E-state index in [0.717, 1.165) is 5.56 Å². The van der Waals surface area contributed by atoms with Gasteiger partial charge in [0.15, 0.2) is 5.76 Å². The van der Waals surface area contributed by atoms with Crippen LogP contribution in [0.25, 0.3) is 11.3 Å². The number of benzene rings is 1.